The van der Waals surface area contributed by atoms with Crippen molar-refractivity contribution in [1.29, 1.82) is 5.26 Å². The Hall–Kier alpha value is -1.69. The van der Waals surface area contributed by atoms with Crippen molar-refractivity contribution < 1.29 is 14.3 Å². The van der Waals surface area contributed by atoms with E-state index in [1.54, 1.807) is 0 Å². The molecule has 1 amide bonds. The van der Waals surface area contributed by atoms with Crippen LogP contribution < -0.4 is 11.1 Å². The van der Waals surface area contributed by atoms with E-state index in [0.717, 1.165) is 64.2 Å². The van der Waals surface area contributed by atoms with Crippen LogP contribution in [-0.2, 0) is 14.3 Å². The third kappa shape index (κ3) is 3.48. The first kappa shape index (κ1) is 23.7. The first-order valence-corrected chi connectivity index (χ1v) is 13.7. The van der Waals surface area contributed by atoms with Gasteiger partial charge in [-0.05, 0) is 115 Å². The summed E-state index contributed by atoms with van der Waals surface area (Å²) in [7, 11) is 5.88. The van der Waals surface area contributed by atoms with E-state index in [0.29, 0.717) is 24.2 Å². The monoisotopic (exact) mass is 483 g/mol. The van der Waals surface area contributed by atoms with Crippen LogP contribution in [0.3, 0.4) is 0 Å². The summed E-state index contributed by atoms with van der Waals surface area (Å²) in [6.45, 7) is 0. The van der Waals surface area contributed by atoms with Crippen molar-refractivity contribution in [3.05, 3.63) is 0 Å². The summed E-state index contributed by atoms with van der Waals surface area (Å²) in [6.07, 6.45) is 10.3. The lowest BCUT2D eigenvalue weighted by atomic mass is 9.46. The number of hydrogen-bond donors (Lipinski definition) is 2. The summed E-state index contributed by atoms with van der Waals surface area (Å²) in [6, 6.07) is 1.27. The number of nitriles is 1. The van der Waals surface area contributed by atoms with E-state index in [1.807, 2.05) is 30.9 Å². The van der Waals surface area contributed by atoms with Gasteiger partial charge in [0, 0.05) is 11.6 Å². The van der Waals surface area contributed by atoms with E-state index in [-0.39, 0.29) is 41.0 Å². The van der Waals surface area contributed by atoms with Crippen LogP contribution in [0.1, 0.15) is 70.6 Å². The summed E-state index contributed by atoms with van der Waals surface area (Å²) in [5.41, 5.74) is 5.77. The Labute approximate surface area is 208 Å². The molecule has 7 aliphatic rings. The summed E-state index contributed by atoms with van der Waals surface area (Å²) in [4.78, 5) is 31.3. The zero-order valence-corrected chi connectivity index (χ0v) is 21.5. The number of rotatable bonds is 7. The van der Waals surface area contributed by atoms with Gasteiger partial charge in [-0.3, -0.25) is 14.5 Å². The number of nitrogens with zero attached hydrogens (tertiary/aromatic N) is 3. The van der Waals surface area contributed by atoms with E-state index in [2.05, 4.69) is 11.4 Å². The van der Waals surface area contributed by atoms with Crippen LogP contribution in [0.15, 0.2) is 0 Å². The van der Waals surface area contributed by atoms with Gasteiger partial charge in [0.2, 0.25) is 5.91 Å². The van der Waals surface area contributed by atoms with Gasteiger partial charge in [0.05, 0.1) is 12.1 Å². The van der Waals surface area contributed by atoms with Gasteiger partial charge in [-0.25, -0.2) is 0 Å². The van der Waals surface area contributed by atoms with Crippen molar-refractivity contribution in [2.75, 3.05) is 21.1 Å². The second-order valence-corrected chi connectivity index (χ2v) is 13.2. The van der Waals surface area contributed by atoms with Gasteiger partial charge in [0.1, 0.15) is 17.7 Å². The van der Waals surface area contributed by atoms with E-state index in [4.69, 9.17) is 10.5 Å². The van der Waals surface area contributed by atoms with Crippen molar-refractivity contribution in [1.82, 2.24) is 15.1 Å². The molecule has 1 aliphatic heterocycles. The van der Waals surface area contributed by atoms with Gasteiger partial charge < -0.3 is 20.7 Å². The third-order valence-corrected chi connectivity index (χ3v) is 10.8. The average Bonchev–Trinajstić information content (AvgIpc) is 3.43. The lowest BCUT2D eigenvalue weighted by Gasteiger charge is -2.63. The fourth-order valence-corrected chi connectivity index (χ4v) is 9.46. The zero-order chi connectivity index (χ0) is 24.8. The average molecular weight is 484 g/mol. The minimum absolute atomic E-state index is 0.0419. The van der Waals surface area contributed by atoms with Crippen molar-refractivity contribution >= 4 is 11.9 Å². The highest BCUT2D eigenvalue weighted by atomic mass is 16.6. The Kier molecular flexibility index (Phi) is 5.35. The van der Waals surface area contributed by atoms with Gasteiger partial charge in [0.15, 0.2) is 0 Å². The van der Waals surface area contributed by atoms with Crippen LogP contribution in [0, 0.1) is 34.5 Å². The lowest BCUT2D eigenvalue weighted by molar-refractivity contribution is -0.212. The first-order valence-electron chi connectivity index (χ1n) is 13.7. The summed E-state index contributed by atoms with van der Waals surface area (Å²) in [5, 5.41) is 13.1. The van der Waals surface area contributed by atoms with Crippen molar-refractivity contribution in [3.8, 4) is 6.07 Å². The smallest absolute Gasteiger partial charge is 0.325 e. The number of esters is 1. The zero-order valence-electron chi connectivity index (χ0n) is 21.5. The van der Waals surface area contributed by atoms with Gasteiger partial charge in [-0.2, -0.15) is 5.26 Å². The molecule has 8 nitrogen and oxygen atoms in total. The summed E-state index contributed by atoms with van der Waals surface area (Å²) < 4.78 is 6.56. The van der Waals surface area contributed by atoms with Crippen LogP contribution in [-0.4, -0.2) is 78.1 Å². The van der Waals surface area contributed by atoms with Gasteiger partial charge in [-0.1, -0.05) is 0 Å². The molecule has 0 aromatic carbocycles. The van der Waals surface area contributed by atoms with E-state index < -0.39 is 11.6 Å². The predicted octanol–water partition coefficient (Wildman–Crippen LogP) is 1.78. The molecule has 6 aliphatic carbocycles. The number of amides is 1. The molecule has 4 bridgehead atoms. The lowest BCUT2D eigenvalue weighted by Crippen LogP contribution is -2.68. The van der Waals surface area contributed by atoms with Crippen molar-refractivity contribution in [2.45, 2.75) is 106 Å². The molecule has 1 saturated heterocycles. The number of nitrogens with one attached hydrogen (secondary N) is 1. The fraction of sp³-hybridized carbons (Fsp3) is 0.889. The SMILES string of the molecule is CNC1(C(C(=O)OC23CC4CC(C2)CC(C(N)C(=O)N2C(C#N)CC5CC52)(C4)C3)N(C)C)CCC1. The molecule has 0 aromatic rings. The number of carbonyl (C=O) groups is 2. The van der Waals surface area contributed by atoms with Gasteiger partial charge in [0.25, 0.3) is 0 Å². The molecular formula is C27H41N5O3. The van der Waals surface area contributed by atoms with E-state index in [1.165, 1.54) is 0 Å². The number of fused-ring (bicyclic) bond motifs is 1. The molecule has 0 radical (unpaired) electrons. The quantitative estimate of drug-likeness (QED) is 0.531. The Morgan fingerprint density at radius 1 is 1.14 bits per heavy atom. The molecule has 6 saturated carbocycles. The number of likely N-dealkylation sites (tertiary alicyclic amines) is 1. The van der Waals surface area contributed by atoms with Crippen molar-refractivity contribution in [3.63, 3.8) is 0 Å². The molecule has 1 heterocycles. The fourth-order valence-electron chi connectivity index (χ4n) is 9.46. The maximum absolute atomic E-state index is 13.8. The molecule has 7 fully saturated rings. The van der Waals surface area contributed by atoms with Gasteiger partial charge >= 0.3 is 5.97 Å². The Balaban J connectivity index is 1.24. The molecular weight excluding hydrogens is 442 g/mol. The van der Waals surface area contributed by atoms with Crippen LogP contribution in [0.25, 0.3) is 0 Å². The van der Waals surface area contributed by atoms with Crippen LogP contribution in [0.2, 0.25) is 0 Å². The molecule has 3 N–H and O–H groups in total. The van der Waals surface area contributed by atoms with Crippen molar-refractivity contribution in [2.24, 2.45) is 28.9 Å². The maximum Gasteiger partial charge on any atom is 0.325 e. The highest BCUT2D eigenvalue weighted by Gasteiger charge is 2.65. The molecule has 192 valence electrons. The third-order valence-electron chi connectivity index (χ3n) is 10.8. The molecule has 7 unspecified atom stereocenters. The van der Waals surface area contributed by atoms with Gasteiger partial charge in [-0.15, -0.1) is 0 Å². The minimum Gasteiger partial charge on any atom is -0.458 e. The van der Waals surface area contributed by atoms with Crippen LogP contribution in [0.5, 0.6) is 0 Å². The highest BCUT2D eigenvalue weighted by molar-refractivity contribution is 5.84. The van der Waals surface area contributed by atoms with E-state index >= 15 is 0 Å². The number of likely N-dealkylation sites (N-methyl/N-ethyl adjacent to an activating group) is 2. The van der Waals surface area contributed by atoms with Crippen LogP contribution in [0.4, 0.5) is 0 Å². The number of nitrogens with two attached hydrogens (primary N) is 1. The molecule has 0 aromatic heterocycles. The summed E-state index contributed by atoms with van der Waals surface area (Å²) >= 11 is 0. The normalized spacial score (nSPS) is 43.8. The maximum atomic E-state index is 13.8. The first-order chi connectivity index (χ1) is 16.6. The van der Waals surface area contributed by atoms with Crippen LogP contribution >= 0.6 is 0 Å². The molecule has 8 heteroatoms. The predicted molar refractivity (Wildman–Crippen MR) is 130 cm³/mol. The minimum atomic E-state index is -0.624. The number of ether oxygens (including phenoxy) is 1. The molecule has 35 heavy (non-hydrogen) atoms. The number of hydrogen-bond acceptors (Lipinski definition) is 7. The molecule has 7 rings (SSSR count). The second kappa shape index (κ2) is 7.90. The van der Waals surface area contributed by atoms with E-state index in [9.17, 15) is 14.9 Å². The largest absolute Gasteiger partial charge is 0.458 e. The Bertz CT molecular complexity index is 935. The highest BCUT2D eigenvalue weighted by Crippen LogP contribution is 2.64. The second-order valence-electron chi connectivity index (χ2n) is 13.2. The summed E-state index contributed by atoms with van der Waals surface area (Å²) in [5.74, 6) is 1.20. The molecule has 0 spiro atoms. The number of piperidine rings is 1. The topological polar surface area (TPSA) is 112 Å². The number of carbonyl (C=O) groups excluding carboxylic acids is 2. The Morgan fingerprint density at radius 2 is 1.83 bits per heavy atom. The standard InChI is InChI=1S/C27H41N5O3/c1-30-27(5-4-6-27)22(31(2)3)24(34)35-26-12-16-7-17(13-26)11-25(10-16,15-26)21(29)23(33)32-19(14-28)8-18-9-20(18)32/h16-22,30H,4-13,15,29H2,1-3H3. The Morgan fingerprint density at radius 3 is 2.37 bits per heavy atom. The molecule has 7 atom stereocenters.